The van der Waals surface area contributed by atoms with Crippen LogP contribution >= 0.6 is 0 Å². The highest BCUT2D eigenvalue weighted by Crippen LogP contribution is 2.40. The summed E-state index contributed by atoms with van der Waals surface area (Å²) in [5.74, 6) is 0.432. The van der Waals surface area contributed by atoms with Crippen LogP contribution < -0.4 is 9.64 Å². The number of benzene rings is 3. The Labute approximate surface area is 232 Å². The third kappa shape index (κ3) is 7.48. The maximum atomic E-state index is 12.4. The van der Waals surface area contributed by atoms with E-state index in [1.807, 2.05) is 43.3 Å². The molecule has 0 atom stereocenters. The molecule has 0 bridgehead atoms. The fourth-order valence-corrected chi connectivity index (χ4v) is 4.57. The van der Waals surface area contributed by atoms with Gasteiger partial charge in [0, 0.05) is 31.3 Å². The predicted molar refractivity (Wildman–Crippen MR) is 157 cm³/mol. The molecule has 3 rings (SSSR count). The molecule has 0 aliphatic heterocycles. The molecule has 1 N–H and O–H groups in total. The number of aliphatic hydroxyl groups is 1. The zero-order chi connectivity index (χ0) is 28.6. The lowest BCUT2D eigenvalue weighted by molar-refractivity contribution is -0.116. The van der Waals surface area contributed by atoms with E-state index in [0.717, 1.165) is 45.7 Å². The molecular formula is C33H41NO5. The van der Waals surface area contributed by atoms with Crippen molar-refractivity contribution in [2.45, 2.75) is 59.8 Å². The van der Waals surface area contributed by atoms with Crippen LogP contribution in [0.25, 0.3) is 22.3 Å². The average molecular weight is 532 g/mol. The number of ether oxygens (including phenoxy) is 2. The first-order chi connectivity index (χ1) is 18.6. The lowest BCUT2D eigenvalue weighted by Crippen LogP contribution is -2.30. The molecule has 0 heterocycles. The number of unbranched alkanes of at least 4 members (excludes halogenated alkanes) is 1. The van der Waals surface area contributed by atoms with Crippen LogP contribution in [-0.2, 0) is 14.9 Å². The molecule has 39 heavy (non-hydrogen) atoms. The van der Waals surface area contributed by atoms with Crippen molar-refractivity contribution < 1.29 is 24.2 Å². The van der Waals surface area contributed by atoms with Gasteiger partial charge in [0.2, 0.25) is 5.91 Å². The van der Waals surface area contributed by atoms with Crippen molar-refractivity contribution in [3.8, 4) is 28.0 Å². The summed E-state index contributed by atoms with van der Waals surface area (Å²) < 4.78 is 11.3. The molecule has 0 unspecified atom stereocenters. The normalized spacial score (nSPS) is 11.3. The van der Waals surface area contributed by atoms with Crippen LogP contribution in [0.4, 0.5) is 5.69 Å². The minimum Gasteiger partial charge on any atom is -0.493 e. The minimum atomic E-state index is -0.335. The number of hydrogen-bond donors (Lipinski definition) is 1. The quantitative estimate of drug-likeness (QED) is 0.213. The van der Waals surface area contributed by atoms with Gasteiger partial charge >= 0.3 is 5.97 Å². The fraction of sp³-hybridized carbons (Fsp3) is 0.394. The average Bonchev–Trinajstić information content (AvgIpc) is 2.91. The zero-order valence-corrected chi connectivity index (χ0v) is 24.0. The highest BCUT2D eigenvalue weighted by atomic mass is 16.5. The number of rotatable bonds is 11. The van der Waals surface area contributed by atoms with Gasteiger partial charge in [-0.05, 0) is 90.8 Å². The van der Waals surface area contributed by atoms with Gasteiger partial charge in [0.05, 0.1) is 18.8 Å². The molecule has 0 spiro atoms. The first-order valence-corrected chi connectivity index (χ1v) is 13.7. The van der Waals surface area contributed by atoms with Gasteiger partial charge in [0.15, 0.2) is 0 Å². The largest absolute Gasteiger partial charge is 0.493 e. The van der Waals surface area contributed by atoms with Crippen LogP contribution in [-0.4, -0.2) is 43.3 Å². The summed E-state index contributed by atoms with van der Waals surface area (Å²) in [7, 11) is 0. The lowest BCUT2D eigenvalue weighted by Gasteiger charge is -2.30. The molecule has 208 valence electrons. The van der Waals surface area contributed by atoms with Crippen LogP contribution in [0.5, 0.6) is 5.75 Å². The molecule has 0 aliphatic carbocycles. The Morgan fingerprint density at radius 2 is 1.54 bits per heavy atom. The van der Waals surface area contributed by atoms with Gasteiger partial charge in [0.1, 0.15) is 5.75 Å². The number of amides is 1. The van der Waals surface area contributed by atoms with E-state index in [1.165, 1.54) is 0 Å². The summed E-state index contributed by atoms with van der Waals surface area (Å²) in [4.78, 5) is 26.3. The van der Waals surface area contributed by atoms with Crippen LogP contribution in [0.3, 0.4) is 0 Å². The Balaban J connectivity index is 2.11. The first kappa shape index (κ1) is 29.9. The molecule has 0 saturated heterocycles. The van der Waals surface area contributed by atoms with E-state index >= 15 is 0 Å². The maximum absolute atomic E-state index is 12.4. The van der Waals surface area contributed by atoms with Gasteiger partial charge < -0.3 is 19.5 Å². The predicted octanol–water partition coefficient (Wildman–Crippen LogP) is 7.02. The highest BCUT2D eigenvalue weighted by Gasteiger charge is 2.24. The first-order valence-electron chi connectivity index (χ1n) is 13.7. The Morgan fingerprint density at radius 1 is 0.872 bits per heavy atom. The second-order valence-corrected chi connectivity index (χ2v) is 10.5. The second kappa shape index (κ2) is 13.4. The van der Waals surface area contributed by atoms with Crippen LogP contribution in [0.1, 0.15) is 70.3 Å². The molecule has 0 saturated carbocycles. The number of aliphatic hydroxyl groups excluding tert-OH is 1. The number of esters is 1. The zero-order valence-electron chi connectivity index (χ0n) is 24.0. The van der Waals surface area contributed by atoms with Gasteiger partial charge in [-0.1, -0.05) is 45.0 Å². The van der Waals surface area contributed by atoms with E-state index < -0.39 is 0 Å². The molecular weight excluding hydrogens is 490 g/mol. The second-order valence-electron chi connectivity index (χ2n) is 10.5. The van der Waals surface area contributed by atoms with E-state index in [9.17, 15) is 9.59 Å². The van der Waals surface area contributed by atoms with E-state index in [-0.39, 0.29) is 23.9 Å². The maximum Gasteiger partial charge on any atom is 0.338 e. The van der Waals surface area contributed by atoms with Crippen molar-refractivity contribution >= 4 is 17.6 Å². The van der Waals surface area contributed by atoms with Crippen molar-refractivity contribution in [2.24, 2.45) is 0 Å². The highest BCUT2D eigenvalue weighted by molar-refractivity contribution is 5.93. The smallest absolute Gasteiger partial charge is 0.338 e. The standard InChI is InChI=1S/C33H41NO5/c1-7-34(23(3)36)30-17-15-27(22-29(30)33(4,5)6)28-21-26(16-18-31(28)39-20-10-9-19-35)24-11-13-25(14-12-24)32(37)38-8-2/h11-18,21-22,35H,7-10,19-20H2,1-6H3. The third-order valence-electron chi connectivity index (χ3n) is 6.62. The lowest BCUT2D eigenvalue weighted by atomic mass is 9.83. The molecule has 0 radical (unpaired) electrons. The van der Waals surface area contributed by atoms with E-state index in [1.54, 1.807) is 30.9 Å². The van der Waals surface area contributed by atoms with Gasteiger partial charge in [-0.3, -0.25) is 4.79 Å². The van der Waals surface area contributed by atoms with Crippen molar-refractivity contribution in [1.82, 2.24) is 0 Å². The van der Waals surface area contributed by atoms with Crippen molar-refractivity contribution in [2.75, 3.05) is 31.3 Å². The summed E-state index contributed by atoms with van der Waals surface area (Å²) in [5.41, 5.74) is 6.20. The molecule has 6 heteroatoms. The van der Waals surface area contributed by atoms with Crippen LogP contribution in [0, 0.1) is 0 Å². The van der Waals surface area contributed by atoms with E-state index in [0.29, 0.717) is 31.7 Å². The third-order valence-corrected chi connectivity index (χ3v) is 6.62. The number of carbonyl (C=O) groups is 2. The number of carbonyl (C=O) groups excluding carboxylic acids is 2. The van der Waals surface area contributed by atoms with Crippen molar-refractivity contribution in [1.29, 1.82) is 0 Å². The SMILES string of the molecule is CCOC(=O)c1ccc(-c2ccc(OCCCCO)c(-c3ccc(N(CC)C(C)=O)c(C(C)(C)C)c3)c2)cc1. The fourth-order valence-electron chi connectivity index (χ4n) is 4.57. The minimum absolute atomic E-state index is 0.0110. The molecule has 6 nitrogen and oxygen atoms in total. The summed E-state index contributed by atoms with van der Waals surface area (Å²) in [5, 5.41) is 9.17. The van der Waals surface area contributed by atoms with Crippen molar-refractivity contribution in [3.05, 3.63) is 71.8 Å². The van der Waals surface area contributed by atoms with Gasteiger partial charge in [-0.25, -0.2) is 4.79 Å². The monoisotopic (exact) mass is 531 g/mol. The number of hydrogen-bond acceptors (Lipinski definition) is 5. The molecule has 1 amide bonds. The van der Waals surface area contributed by atoms with Gasteiger partial charge in [-0.15, -0.1) is 0 Å². The van der Waals surface area contributed by atoms with Gasteiger partial charge in [0.25, 0.3) is 0 Å². The van der Waals surface area contributed by atoms with Crippen LogP contribution in [0.15, 0.2) is 60.7 Å². The summed E-state index contributed by atoms with van der Waals surface area (Å²) >= 11 is 0. The van der Waals surface area contributed by atoms with Crippen LogP contribution in [0.2, 0.25) is 0 Å². The molecule has 0 aliphatic rings. The summed E-state index contributed by atoms with van der Waals surface area (Å²) in [6, 6.07) is 19.7. The number of nitrogens with zero attached hydrogens (tertiary/aromatic N) is 1. The summed E-state index contributed by atoms with van der Waals surface area (Å²) in [6.07, 6.45) is 1.43. The molecule has 0 aromatic heterocycles. The Bertz CT molecular complexity index is 1270. The number of anilines is 1. The van der Waals surface area contributed by atoms with E-state index in [2.05, 4.69) is 32.9 Å². The molecule has 0 fully saturated rings. The Kier molecular flexibility index (Phi) is 10.3. The Morgan fingerprint density at radius 3 is 2.13 bits per heavy atom. The van der Waals surface area contributed by atoms with E-state index in [4.69, 9.17) is 14.6 Å². The van der Waals surface area contributed by atoms with Gasteiger partial charge in [-0.2, -0.15) is 0 Å². The topological polar surface area (TPSA) is 76.1 Å². The molecule has 3 aromatic rings. The molecule has 3 aromatic carbocycles. The van der Waals surface area contributed by atoms with Crippen molar-refractivity contribution in [3.63, 3.8) is 0 Å². The Hall–Kier alpha value is -3.64. The summed E-state index contributed by atoms with van der Waals surface area (Å²) in [6.45, 7) is 13.4.